The molecule has 2 amide bonds. The fourth-order valence-electron chi connectivity index (χ4n) is 2.66. The number of imidazole rings is 1. The molecule has 0 saturated heterocycles. The average molecular weight is 361 g/mol. The Morgan fingerprint density at radius 1 is 1.36 bits per heavy atom. The van der Waals surface area contributed by atoms with E-state index in [1.54, 1.807) is 54.5 Å². The number of carbonyl (C=O) groups is 2. The number of esters is 1. The number of hydrogen-bond acceptors (Lipinski definition) is 4. The Labute approximate surface area is 149 Å². The zero-order chi connectivity index (χ0) is 17.8. The lowest BCUT2D eigenvalue weighted by molar-refractivity contribution is -0.139. The highest BCUT2D eigenvalue weighted by Crippen LogP contribution is 2.29. The molecule has 0 saturated carbocycles. The summed E-state index contributed by atoms with van der Waals surface area (Å²) in [6, 6.07) is 5.96. The molecule has 2 aromatic rings. The van der Waals surface area contributed by atoms with Gasteiger partial charge in [-0.05, 0) is 24.6 Å². The van der Waals surface area contributed by atoms with Gasteiger partial charge in [-0.15, -0.1) is 0 Å². The molecule has 0 unspecified atom stereocenters. The van der Waals surface area contributed by atoms with Crippen molar-refractivity contribution < 1.29 is 14.3 Å². The van der Waals surface area contributed by atoms with Crippen LogP contribution in [0.15, 0.2) is 54.3 Å². The van der Waals surface area contributed by atoms with Gasteiger partial charge in [0.05, 0.1) is 36.8 Å². The number of nitrogens with one attached hydrogen (secondary N) is 2. The molecular formula is C17H17ClN4O3. The molecule has 0 aliphatic carbocycles. The van der Waals surface area contributed by atoms with E-state index in [2.05, 4.69) is 15.6 Å². The molecule has 3 rings (SSSR count). The zero-order valence-corrected chi connectivity index (χ0v) is 14.3. The SMILES string of the molecule is CCOC(=O)C1=C(Cn2ccnc2)NC(=O)N[C@H]1c1ccc(Cl)cc1. The predicted molar refractivity (Wildman–Crippen MR) is 91.7 cm³/mol. The van der Waals surface area contributed by atoms with Gasteiger partial charge in [-0.25, -0.2) is 14.6 Å². The van der Waals surface area contributed by atoms with Crippen LogP contribution in [0.1, 0.15) is 18.5 Å². The van der Waals surface area contributed by atoms with E-state index in [1.165, 1.54) is 0 Å². The van der Waals surface area contributed by atoms with Crippen LogP contribution in [-0.4, -0.2) is 28.2 Å². The molecule has 0 spiro atoms. The van der Waals surface area contributed by atoms with E-state index in [1.807, 2.05) is 0 Å². The quantitative estimate of drug-likeness (QED) is 0.802. The molecule has 2 N–H and O–H groups in total. The minimum absolute atomic E-state index is 0.238. The Morgan fingerprint density at radius 2 is 2.12 bits per heavy atom. The highest BCUT2D eigenvalue weighted by atomic mass is 35.5. The van der Waals surface area contributed by atoms with Gasteiger partial charge in [0.1, 0.15) is 0 Å². The van der Waals surface area contributed by atoms with Crippen LogP contribution >= 0.6 is 11.6 Å². The predicted octanol–water partition coefficient (Wildman–Crippen LogP) is 2.41. The van der Waals surface area contributed by atoms with Crippen LogP contribution in [0, 0.1) is 0 Å². The van der Waals surface area contributed by atoms with E-state index >= 15 is 0 Å². The second-order valence-electron chi connectivity index (χ2n) is 5.43. The lowest BCUT2D eigenvalue weighted by Gasteiger charge is -2.29. The number of amides is 2. The third kappa shape index (κ3) is 3.83. The van der Waals surface area contributed by atoms with E-state index < -0.39 is 12.0 Å². The summed E-state index contributed by atoms with van der Waals surface area (Å²) in [5.41, 5.74) is 1.57. The van der Waals surface area contributed by atoms with Crippen molar-refractivity contribution in [2.24, 2.45) is 0 Å². The molecule has 0 radical (unpaired) electrons. The first-order valence-corrected chi connectivity index (χ1v) is 8.15. The molecule has 1 aromatic carbocycles. The molecule has 0 fully saturated rings. The Morgan fingerprint density at radius 3 is 2.76 bits per heavy atom. The second-order valence-corrected chi connectivity index (χ2v) is 5.87. The second kappa shape index (κ2) is 7.40. The van der Waals surface area contributed by atoms with Gasteiger partial charge in [-0.3, -0.25) is 0 Å². The molecule has 8 heteroatoms. The van der Waals surface area contributed by atoms with Gasteiger partial charge in [0.2, 0.25) is 0 Å². The maximum atomic E-state index is 12.6. The number of benzene rings is 1. The van der Waals surface area contributed by atoms with Gasteiger partial charge in [0, 0.05) is 17.4 Å². The third-order valence-electron chi connectivity index (χ3n) is 3.75. The minimum atomic E-state index is -0.622. The molecule has 1 aliphatic heterocycles. The largest absolute Gasteiger partial charge is 0.463 e. The molecule has 1 aromatic heterocycles. The highest BCUT2D eigenvalue weighted by Gasteiger charge is 2.33. The van der Waals surface area contributed by atoms with Crippen molar-refractivity contribution in [1.29, 1.82) is 0 Å². The number of rotatable bonds is 5. The summed E-state index contributed by atoms with van der Waals surface area (Å²) in [6.07, 6.45) is 4.99. The number of hydrogen-bond donors (Lipinski definition) is 2. The first-order chi connectivity index (χ1) is 12.1. The van der Waals surface area contributed by atoms with Gasteiger partial charge in [-0.2, -0.15) is 0 Å². The summed E-state index contributed by atoms with van der Waals surface area (Å²) >= 11 is 5.94. The Bertz CT molecular complexity index is 800. The maximum absolute atomic E-state index is 12.6. The van der Waals surface area contributed by atoms with E-state index in [0.717, 1.165) is 5.56 Å². The van der Waals surface area contributed by atoms with Crippen molar-refractivity contribution in [3.8, 4) is 0 Å². The van der Waals surface area contributed by atoms with Gasteiger partial charge >= 0.3 is 12.0 Å². The number of aromatic nitrogens is 2. The Hall–Kier alpha value is -2.80. The number of carbonyl (C=O) groups excluding carboxylic acids is 2. The minimum Gasteiger partial charge on any atom is -0.463 e. The maximum Gasteiger partial charge on any atom is 0.338 e. The van der Waals surface area contributed by atoms with Gasteiger partial charge < -0.3 is 19.9 Å². The van der Waals surface area contributed by atoms with Crippen LogP contribution in [0.3, 0.4) is 0 Å². The topological polar surface area (TPSA) is 85.2 Å². The van der Waals surface area contributed by atoms with Crippen LogP contribution in [0.2, 0.25) is 5.02 Å². The smallest absolute Gasteiger partial charge is 0.338 e. The van der Waals surface area contributed by atoms with Crippen LogP contribution in [0.5, 0.6) is 0 Å². The summed E-state index contributed by atoms with van der Waals surface area (Å²) in [5.74, 6) is -0.481. The Balaban J connectivity index is 2.05. The van der Waals surface area contributed by atoms with E-state index in [9.17, 15) is 9.59 Å². The summed E-state index contributed by atoms with van der Waals surface area (Å²) in [7, 11) is 0. The molecule has 1 atom stereocenters. The fraction of sp³-hybridized carbons (Fsp3) is 0.235. The van der Waals surface area contributed by atoms with Crippen molar-refractivity contribution in [3.05, 3.63) is 64.8 Å². The van der Waals surface area contributed by atoms with E-state index in [4.69, 9.17) is 16.3 Å². The highest BCUT2D eigenvalue weighted by molar-refractivity contribution is 6.30. The number of allylic oxidation sites excluding steroid dienone is 1. The third-order valence-corrected chi connectivity index (χ3v) is 4.00. The van der Waals surface area contributed by atoms with Crippen molar-refractivity contribution in [2.75, 3.05) is 6.61 Å². The summed E-state index contributed by atoms with van der Waals surface area (Å²) < 4.78 is 6.97. The normalized spacial score (nSPS) is 17.0. The fourth-order valence-corrected chi connectivity index (χ4v) is 2.79. The number of nitrogens with zero attached hydrogens (tertiary/aromatic N) is 2. The molecule has 1 aliphatic rings. The van der Waals surface area contributed by atoms with Crippen LogP contribution in [-0.2, 0) is 16.1 Å². The van der Waals surface area contributed by atoms with Crippen LogP contribution < -0.4 is 10.6 Å². The van der Waals surface area contributed by atoms with Crippen molar-refractivity contribution >= 4 is 23.6 Å². The molecule has 7 nitrogen and oxygen atoms in total. The van der Waals surface area contributed by atoms with Gasteiger partial charge in [0.25, 0.3) is 0 Å². The lowest BCUT2D eigenvalue weighted by Crippen LogP contribution is -2.46. The molecular weight excluding hydrogens is 344 g/mol. The number of halogens is 1. The molecule has 0 bridgehead atoms. The van der Waals surface area contributed by atoms with Crippen LogP contribution in [0.4, 0.5) is 4.79 Å². The lowest BCUT2D eigenvalue weighted by atomic mass is 9.95. The Kier molecular flexibility index (Phi) is 5.04. The molecule has 130 valence electrons. The molecule has 25 heavy (non-hydrogen) atoms. The first kappa shape index (κ1) is 17.0. The summed E-state index contributed by atoms with van der Waals surface area (Å²) in [5, 5.41) is 6.06. The van der Waals surface area contributed by atoms with Crippen LogP contribution in [0.25, 0.3) is 0 Å². The summed E-state index contributed by atoms with van der Waals surface area (Å²) in [6.45, 7) is 2.27. The zero-order valence-electron chi connectivity index (χ0n) is 13.5. The standard InChI is InChI=1S/C17H17ClN4O3/c1-2-25-16(23)14-13(9-22-8-7-19-10-22)20-17(24)21-15(14)11-3-5-12(18)6-4-11/h3-8,10,15H,2,9H2,1H3,(H2,20,21,24)/t15-/m0/s1. The average Bonchev–Trinajstić information content (AvgIpc) is 3.08. The van der Waals surface area contributed by atoms with Gasteiger partial charge in [-0.1, -0.05) is 23.7 Å². The van der Waals surface area contributed by atoms with Gasteiger partial charge in [0.15, 0.2) is 0 Å². The monoisotopic (exact) mass is 360 g/mol. The first-order valence-electron chi connectivity index (χ1n) is 7.77. The summed E-state index contributed by atoms with van der Waals surface area (Å²) in [4.78, 5) is 28.7. The van der Waals surface area contributed by atoms with E-state index in [0.29, 0.717) is 22.8 Å². The van der Waals surface area contributed by atoms with Crippen molar-refractivity contribution in [3.63, 3.8) is 0 Å². The number of urea groups is 1. The van der Waals surface area contributed by atoms with Crippen molar-refractivity contribution in [1.82, 2.24) is 20.2 Å². The molecule has 2 heterocycles. The number of ether oxygens (including phenoxy) is 1. The van der Waals surface area contributed by atoms with E-state index in [-0.39, 0.29) is 12.6 Å². The van der Waals surface area contributed by atoms with Crippen molar-refractivity contribution in [2.45, 2.75) is 19.5 Å².